The molecule has 0 spiro atoms. The van der Waals surface area contributed by atoms with Crippen molar-refractivity contribution in [3.05, 3.63) is 57.5 Å². The molecule has 0 aliphatic rings. The zero-order valence-electron chi connectivity index (χ0n) is 29.2. The molecule has 228 valence electrons. The monoisotopic (exact) mass is 592 g/mol. The van der Waals surface area contributed by atoms with Crippen LogP contribution in [0, 0.1) is 0 Å². The Kier molecular flexibility index (Phi) is 7.88. The molecular formula is C28H38N6O8. The summed E-state index contributed by atoms with van der Waals surface area (Å²) in [6.07, 6.45) is 1.25. The van der Waals surface area contributed by atoms with Gasteiger partial charge in [0.05, 0.1) is 33.3 Å². The van der Waals surface area contributed by atoms with Crippen molar-refractivity contribution >= 4 is 34.8 Å². The van der Waals surface area contributed by atoms with E-state index < -0.39 is 67.5 Å². The number of nitrogens with one attached hydrogen (secondary N) is 4. The van der Waals surface area contributed by atoms with E-state index in [2.05, 4.69) is 20.3 Å². The highest BCUT2D eigenvalue weighted by Crippen LogP contribution is 2.17. The Morgan fingerprint density at radius 3 is 2.33 bits per heavy atom. The van der Waals surface area contributed by atoms with Crippen LogP contribution in [0.5, 0.6) is 0 Å². The van der Waals surface area contributed by atoms with Gasteiger partial charge in [-0.15, -0.1) is 0 Å². The van der Waals surface area contributed by atoms with Gasteiger partial charge in [-0.2, -0.15) is 4.98 Å². The van der Waals surface area contributed by atoms with E-state index in [9.17, 15) is 34.5 Å². The zero-order chi connectivity index (χ0) is 36.5. The van der Waals surface area contributed by atoms with Crippen LogP contribution in [0.4, 0.5) is 5.95 Å². The smallest absolute Gasteiger partial charge is 0.329 e. The number of carbonyl (C=O) groups is 3. The number of aromatic amines is 2. The summed E-state index contributed by atoms with van der Waals surface area (Å²) in [6, 6.07) is 4.79. The topological polar surface area (TPSA) is 233 Å². The van der Waals surface area contributed by atoms with Gasteiger partial charge in [0.25, 0.3) is 11.5 Å². The van der Waals surface area contributed by atoms with E-state index in [1.165, 1.54) is 17.4 Å². The minimum absolute atomic E-state index is 0.0166. The van der Waals surface area contributed by atoms with Gasteiger partial charge in [0.15, 0.2) is 0 Å². The highest BCUT2D eigenvalue weighted by molar-refractivity contribution is 5.97. The fourth-order valence-electron chi connectivity index (χ4n) is 3.99. The number of hydrogen-bond acceptors (Lipinski definition) is 10. The maximum atomic E-state index is 13.1. The van der Waals surface area contributed by atoms with Gasteiger partial charge in [0, 0.05) is 18.2 Å². The number of nitrogen functional groups attached to an aromatic ring is 1. The van der Waals surface area contributed by atoms with Crippen LogP contribution in [-0.2, 0) is 27.2 Å². The molecule has 0 saturated carbocycles. The summed E-state index contributed by atoms with van der Waals surface area (Å²) in [6.45, 7) is -7.46. The van der Waals surface area contributed by atoms with E-state index in [-0.39, 0.29) is 17.1 Å². The number of H-pyrrole nitrogens is 2. The second-order valence-corrected chi connectivity index (χ2v) is 10.4. The minimum atomic E-state index is -4.04. The summed E-state index contributed by atoms with van der Waals surface area (Å²) in [5.41, 5.74) is 2.24. The molecule has 2 amide bonds. The van der Waals surface area contributed by atoms with Crippen LogP contribution < -0.4 is 21.9 Å². The van der Waals surface area contributed by atoms with E-state index in [4.69, 9.17) is 18.7 Å². The molecule has 0 fully saturated rings. The van der Waals surface area contributed by atoms with E-state index in [0.717, 1.165) is 5.56 Å². The molecule has 0 aliphatic carbocycles. The van der Waals surface area contributed by atoms with Crippen molar-refractivity contribution in [2.24, 2.45) is 0 Å². The number of aryl methyl sites for hydroxylation is 2. The molecule has 1 atom stereocenters. The lowest BCUT2D eigenvalue weighted by atomic mass is 10.0. The number of esters is 1. The SMILES string of the molecule is [2H]C([2H])(O)C(NC(=O)CC[C@H](NC(=O)c1ccc(CCc2c[nH]c3nc(N)[nH]c(=O)c23)cc1)C(=O)OC(C)(C)C)(C([2H])([2H])O)C([2H])([2H])O. The molecule has 1 aromatic carbocycles. The third-order valence-corrected chi connectivity index (χ3v) is 6.03. The number of hydrogen-bond donors (Lipinski definition) is 8. The van der Waals surface area contributed by atoms with Gasteiger partial charge < -0.3 is 41.4 Å². The summed E-state index contributed by atoms with van der Waals surface area (Å²) >= 11 is 0. The predicted molar refractivity (Wildman–Crippen MR) is 153 cm³/mol. The Balaban J connectivity index is 1.74. The van der Waals surface area contributed by atoms with Gasteiger partial charge in [-0.3, -0.25) is 19.4 Å². The lowest BCUT2D eigenvalue weighted by Gasteiger charge is -2.29. The van der Waals surface area contributed by atoms with Crippen LogP contribution in [0.15, 0.2) is 35.3 Å². The summed E-state index contributed by atoms with van der Waals surface area (Å²) in [5.74, 6) is -3.13. The van der Waals surface area contributed by atoms with Crippen molar-refractivity contribution < 1.29 is 42.7 Å². The van der Waals surface area contributed by atoms with E-state index in [1.807, 2.05) is 0 Å². The quantitative estimate of drug-likeness (QED) is 0.120. The molecule has 42 heavy (non-hydrogen) atoms. The number of amides is 2. The van der Waals surface area contributed by atoms with Gasteiger partial charge in [-0.05, 0) is 63.3 Å². The van der Waals surface area contributed by atoms with Gasteiger partial charge >= 0.3 is 5.97 Å². The second kappa shape index (κ2) is 13.6. The normalized spacial score (nSPS) is 15.8. The maximum Gasteiger partial charge on any atom is 0.329 e. The largest absolute Gasteiger partial charge is 0.458 e. The number of nitrogens with two attached hydrogens (primary N) is 1. The number of aromatic nitrogens is 3. The molecule has 0 saturated heterocycles. The summed E-state index contributed by atoms with van der Waals surface area (Å²) in [5, 5.41) is 34.1. The number of ether oxygens (including phenoxy) is 1. The molecule has 3 aromatic rings. The highest BCUT2D eigenvalue weighted by atomic mass is 16.6. The number of rotatable bonds is 13. The summed E-state index contributed by atoms with van der Waals surface area (Å²) in [4.78, 5) is 60.7. The lowest BCUT2D eigenvalue weighted by molar-refractivity contribution is -0.157. The van der Waals surface area contributed by atoms with Crippen LogP contribution in [0.3, 0.4) is 0 Å². The van der Waals surface area contributed by atoms with Crippen LogP contribution in [0.25, 0.3) is 11.0 Å². The molecular weight excluding hydrogens is 548 g/mol. The third-order valence-electron chi connectivity index (χ3n) is 6.03. The highest BCUT2D eigenvalue weighted by Gasteiger charge is 2.32. The minimum Gasteiger partial charge on any atom is -0.458 e. The van der Waals surface area contributed by atoms with Crippen LogP contribution in [-0.4, -0.2) is 84.9 Å². The fraction of sp³-hybridized carbons (Fsp3) is 0.464. The summed E-state index contributed by atoms with van der Waals surface area (Å²) in [7, 11) is 0. The number of benzene rings is 1. The van der Waals surface area contributed by atoms with Crippen molar-refractivity contribution in [3.8, 4) is 0 Å². The molecule has 2 heterocycles. The number of anilines is 1. The standard InChI is InChI=1S/C28H38N6O8/c1-27(2,3)42-25(41)19(10-11-20(38)34-28(13-35,14-36)15-37)31-23(39)17-7-4-16(5-8-17)6-9-18-12-30-22-21(18)24(40)33-26(29)32-22/h4-5,7-8,12,19,35-37H,6,9-11,13-15H2,1-3H3,(H,31,39)(H,34,38)(H4,29,30,32,33,40)/t19-/m0/s1/i13D2,14D2,15D2. The van der Waals surface area contributed by atoms with Crippen molar-refractivity contribution in [1.29, 1.82) is 0 Å². The van der Waals surface area contributed by atoms with Gasteiger partial charge in [-0.1, -0.05) is 12.1 Å². The van der Waals surface area contributed by atoms with Crippen LogP contribution >= 0.6 is 0 Å². The Morgan fingerprint density at radius 2 is 1.74 bits per heavy atom. The van der Waals surface area contributed by atoms with E-state index in [0.29, 0.717) is 29.4 Å². The average Bonchev–Trinajstić information content (AvgIpc) is 3.32. The maximum absolute atomic E-state index is 13.1. The molecule has 3 rings (SSSR count). The Bertz CT molecular complexity index is 1670. The number of nitrogens with zero attached hydrogens (tertiary/aromatic N) is 1. The number of aliphatic hydroxyl groups is 3. The summed E-state index contributed by atoms with van der Waals surface area (Å²) < 4.78 is 50.3. The molecule has 14 heteroatoms. The number of carbonyl (C=O) groups excluding carboxylic acids is 3. The fourth-order valence-corrected chi connectivity index (χ4v) is 3.99. The zero-order valence-corrected chi connectivity index (χ0v) is 23.2. The van der Waals surface area contributed by atoms with Crippen molar-refractivity contribution in [1.82, 2.24) is 25.6 Å². The second-order valence-electron chi connectivity index (χ2n) is 10.4. The Hall–Kier alpha value is -4.27. The third kappa shape index (κ3) is 8.38. The first kappa shape index (κ1) is 24.3. The van der Waals surface area contributed by atoms with Crippen molar-refractivity contribution in [3.63, 3.8) is 0 Å². The van der Waals surface area contributed by atoms with Crippen molar-refractivity contribution in [2.45, 2.75) is 63.6 Å². The molecule has 14 nitrogen and oxygen atoms in total. The average molecular weight is 593 g/mol. The molecule has 0 radical (unpaired) electrons. The molecule has 9 N–H and O–H groups in total. The van der Waals surface area contributed by atoms with Crippen molar-refractivity contribution in [2.75, 3.05) is 25.4 Å². The molecule has 0 aliphatic heterocycles. The van der Waals surface area contributed by atoms with Crippen LogP contribution in [0.1, 0.15) is 63.3 Å². The van der Waals surface area contributed by atoms with E-state index >= 15 is 0 Å². The lowest BCUT2D eigenvalue weighted by Crippen LogP contribution is -2.57. The van der Waals surface area contributed by atoms with Gasteiger partial charge in [0.2, 0.25) is 11.9 Å². The van der Waals surface area contributed by atoms with Gasteiger partial charge in [-0.25, -0.2) is 4.79 Å². The predicted octanol–water partition coefficient (Wildman–Crippen LogP) is -0.329. The first-order chi connectivity index (χ1) is 21.9. The van der Waals surface area contributed by atoms with Gasteiger partial charge in [0.1, 0.15) is 22.8 Å². The van der Waals surface area contributed by atoms with E-state index in [1.54, 1.807) is 39.1 Å². The molecule has 2 aromatic heterocycles. The first-order valence-electron chi connectivity index (χ1n) is 15.8. The molecule has 0 bridgehead atoms. The Labute approximate surface area is 250 Å². The number of fused-ring (bicyclic) bond motifs is 1. The molecule has 0 unspecified atom stereocenters. The Morgan fingerprint density at radius 1 is 1.10 bits per heavy atom. The first-order valence-corrected chi connectivity index (χ1v) is 12.8. The van der Waals surface area contributed by atoms with Crippen LogP contribution in [0.2, 0.25) is 0 Å².